The predicted octanol–water partition coefficient (Wildman–Crippen LogP) is 3.07. The zero-order valence-corrected chi connectivity index (χ0v) is 11.2. The van der Waals surface area contributed by atoms with Gasteiger partial charge in [0.25, 0.3) is 0 Å². The highest BCUT2D eigenvalue weighted by atomic mass is 79.9. The van der Waals surface area contributed by atoms with Crippen molar-refractivity contribution in [2.75, 3.05) is 7.11 Å². The molecular formula is C11H8BrClN2O2. The molecule has 0 amide bonds. The number of hydrogen-bond acceptors (Lipinski definition) is 3. The predicted molar refractivity (Wildman–Crippen MR) is 67.6 cm³/mol. The molecule has 0 spiro atoms. The number of aromatic nitrogens is 2. The summed E-state index contributed by atoms with van der Waals surface area (Å²) < 4.78 is 6.96. The molecule has 1 heterocycles. The second-order valence-electron chi connectivity index (χ2n) is 3.23. The van der Waals surface area contributed by atoms with Crippen molar-refractivity contribution in [3.63, 3.8) is 0 Å². The van der Waals surface area contributed by atoms with Crippen molar-refractivity contribution in [1.82, 2.24) is 9.78 Å². The van der Waals surface area contributed by atoms with Crippen LogP contribution in [0.5, 0.6) is 0 Å². The Labute approximate surface area is 111 Å². The lowest BCUT2D eigenvalue weighted by Crippen LogP contribution is -2.04. The van der Waals surface area contributed by atoms with Crippen LogP contribution in [0, 0.1) is 0 Å². The van der Waals surface area contributed by atoms with E-state index in [4.69, 9.17) is 11.6 Å². The standard InChI is InChI=1S/C11H8BrClN2O2/c1-17-11(16)9-4-5-15(14-9)10-3-2-7(13)6-8(10)12/h2-6H,1H3. The number of rotatable bonds is 2. The molecule has 2 aromatic rings. The first-order valence-corrected chi connectivity index (χ1v) is 5.88. The van der Waals surface area contributed by atoms with E-state index in [9.17, 15) is 4.79 Å². The van der Waals surface area contributed by atoms with Gasteiger partial charge < -0.3 is 4.74 Å². The summed E-state index contributed by atoms with van der Waals surface area (Å²) in [5.74, 6) is -0.464. The van der Waals surface area contributed by atoms with Gasteiger partial charge in [-0.25, -0.2) is 9.48 Å². The van der Waals surface area contributed by atoms with E-state index >= 15 is 0 Å². The van der Waals surface area contributed by atoms with Crippen molar-refractivity contribution in [3.05, 3.63) is 45.7 Å². The van der Waals surface area contributed by atoms with E-state index in [1.54, 1.807) is 35.1 Å². The molecule has 0 atom stereocenters. The van der Waals surface area contributed by atoms with Crippen molar-refractivity contribution in [2.24, 2.45) is 0 Å². The van der Waals surface area contributed by atoms with Crippen LogP contribution >= 0.6 is 27.5 Å². The van der Waals surface area contributed by atoms with Gasteiger partial charge in [-0.3, -0.25) is 0 Å². The van der Waals surface area contributed by atoms with Gasteiger partial charge in [-0.2, -0.15) is 5.10 Å². The lowest BCUT2D eigenvalue weighted by atomic mass is 10.3. The zero-order chi connectivity index (χ0) is 12.4. The zero-order valence-electron chi connectivity index (χ0n) is 8.85. The summed E-state index contributed by atoms with van der Waals surface area (Å²) in [6, 6.07) is 6.91. The van der Waals surface area contributed by atoms with E-state index in [-0.39, 0.29) is 5.69 Å². The highest BCUT2D eigenvalue weighted by Crippen LogP contribution is 2.24. The maximum atomic E-state index is 11.3. The highest BCUT2D eigenvalue weighted by Gasteiger charge is 2.11. The fraction of sp³-hybridized carbons (Fsp3) is 0.0909. The van der Waals surface area contributed by atoms with Crippen LogP contribution < -0.4 is 0 Å². The Kier molecular flexibility index (Phi) is 3.49. The molecule has 0 bridgehead atoms. The summed E-state index contributed by atoms with van der Waals surface area (Å²) in [6.45, 7) is 0. The minimum Gasteiger partial charge on any atom is -0.464 e. The second kappa shape index (κ2) is 4.89. The third kappa shape index (κ3) is 2.50. The summed E-state index contributed by atoms with van der Waals surface area (Å²) in [4.78, 5) is 11.3. The molecule has 6 heteroatoms. The van der Waals surface area contributed by atoms with Crippen LogP contribution in [-0.2, 0) is 4.74 Å². The van der Waals surface area contributed by atoms with Crippen molar-refractivity contribution < 1.29 is 9.53 Å². The molecule has 1 aromatic heterocycles. The first-order valence-electron chi connectivity index (χ1n) is 4.71. The van der Waals surface area contributed by atoms with Crippen molar-refractivity contribution >= 4 is 33.5 Å². The number of benzene rings is 1. The average molecular weight is 316 g/mol. The summed E-state index contributed by atoms with van der Waals surface area (Å²) in [5.41, 5.74) is 1.05. The molecule has 4 nitrogen and oxygen atoms in total. The molecule has 1 aromatic carbocycles. The minimum atomic E-state index is -0.464. The van der Waals surface area contributed by atoms with Gasteiger partial charge in [0.15, 0.2) is 5.69 Å². The summed E-state index contributed by atoms with van der Waals surface area (Å²) >= 11 is 9.23. The molecule has 0 aliphatic carbocycles. The number of esters is 1. The smallest absolute Gasteiger partial charge is 0.358 e. The Morgan fingerprint density at radius 2 is 2.24 bits per heavy atom. The molecule has 0 N–H and O–H groups in total. The third-order valence-electron chi connectivity index (χ3n) is 2.14. The van der Waals surface area contributed by atoms with Crippen LogP contribution in [0.15, 0.2) is 34.9 Å². The number of hydrogen-bond donors (Lipinski definition) is 0. The third-order valence-corrected chi connectivity index (χ3v) is 3.01. The molecule has 0 radical (unpaired) electrons. The molecule has 0 unspecified atom stereocenters. The minimum absolute atomic E-state index is 0.259. The van der Waals surface area contributed by atoms with Crippen LogP contribution in [0.25, 0.3) is 5.69 Å². The van der Waals surface area contributed by atoms with Crippen molar-refractivity contribution in [1.29, 1.82) is 0 Å². The first-order chi connectivity index (χ1) is 8.11. The van der Waals surface area contributed by atoms with Gasteiger partial charge in [0.05, 0.1) is 12.8 Å². The van der Waals surface area contributed by atoms with E-state index in [0.717, 1.165) is 10.2 Å². The fourth-order valence-electron chi connectivity index (χ4n) is 1.34. The van der Waals surface area contributed by atoms with Gasteiger partial charge in [-0.15, -0.1) is 0 Å². The van der Waals surface area contributed by atoms with Crippen molar-refractivity contribution in [3.8, 4) is 5.69 Å². The monoisotopic (exact) mass is 314 g/mol. The van der Waals surface area contributed by atoms with Gasteiger partial charge in [0, 0.05) is 15.7 Å². The molecular weight excluding hydrogens is 307 g/mol. The van der Waals surface area contributed by atoms with Gasteiger partial charge in [-0.1, -0.05) is 11.6 Å². The largest absolute Gasteiger partial charge is 0.464 e. The maximum absolute atomic E-state index is 11.3. The molecule has 0 aliphatic heterocycles. The Morgan fingerprint density at radius 1 is 1.47 bits per heavy atom. The topological polar surface area (TPSA) is 44.1 Å². The fourth-order valence-corrected chi connectivity index (χ4v) is 2.20. The molecule has 0 saturated heterocycles. The van der Waals surface area contributed by atoms with Gasteiger partial charge in [0.1, 0.15) is 0 Å². The summed E-state index contributed by atoms with van der Waals surface area (Å²) in [7, 11) is 1.32. The number of halogens is 2. The van der Waals surface area contributed by atoms with Crippen LogP contribution in [0.2, 0.25) is 5.02 Å². The Hall–Kier alpha value is -1.33. The summed E-state index contributed by atoms with van der Waals surface area (Å²) in [6.07, 6.45) is 1.68. The van der Waals surface area contributed by atoms with E-state index < -0.39 is 5.97 Å². The Bertz CT molecular complexity index is 568. The van der Waals surface area contributed by atoms with Crippen LogP contribution in [0.4, 0.5) is 0 Å². The Morgan fingerprint density at radius 3 is 2.88 bits per heavy atom. The molecule has 0 saturated carbocycles. The van der Waals surface area contributed by atoms with E-state index in [1.165, 1.54) is 7.11 Å². The van der Waals surface area contributed by atoms with E-state index in [1.807, 2.05) is 0 Å². The molecule has 0 aliphatic rings. The van der Waals surface area contributed by atoms with Crippen molar-refractivity contribution in [2.45, 2.75) is 0 Å². The quantitative estimate of drug-likeness (QED) is 0.800. The first kappa shape index (κ1) is 12.1. The number of carbonyl (C=O) groups excluding carboxylic acids is 1. The number of methoxy groups -OCH3 is 1. The van der Waals surface area contributed by atoms with E-state index in [2.05, 4.69) is 25.8 Å². The van der Waals surface area contributed by atoms with E-state index in [0.29, 0.717) is 5.02 Å². The van der Waals surface area contributed by atoms with Gasteiger partial charge in [-0.05, 0) is 40.2 Å². The number of ether oxygens (including phenoxy) is 1. The van der Waals surface area contributed by atoms with Crippen LogP contribution in [0.3, 0.4) is 0 Å². The highest BCUT2D eigenvalue weighted by molar-refractivity contribution is 9.10. The van der Waals surface area contributed by atoms with Crippen LogP contribution in [-0.4, -0.2) is 22.9 Å². The van der Waals surface area contributed by atoms with Crippen LogP contribution in [0.1, 0.15) is 10.5 Å². The SMILES string of the molecule is COC(=O)c1ccn(-c2ccc(Cl)cc2Br)n1. The maximum Gasteiger partial charge on any atom is 0.358 e. The van der Waals surface area contributed by atoms with Gasteiger partial charge in [0.2, 0.25) is 0 Å². The number of nitrogens with zero attached hydrogens (tertiary/aromatic N) is 2. The lowest BCUT2D eigenvalue weighted by Gasteiger charge is -2.04. The molecule has 2 rings (SSSR count). The number of carbonyl (C=O) groups is 1. The molecule has 88 valence electrons. The Balaban J connectivity index is 2.40. The lowest BCUT2D eigenvalue weighted by molar-refractivity contribution is 0.0593. The van der Waals surface area contributed by atoms with Gasteiger partial charge >= 0.3 is 5.97 Å². The second-order valence-corrected chi connectivity index (χ2v) is 4.52. The average Bonchev–Trinajstić information content (AvgIpc) is 2.77. The normalized spacial score (nSPS) is 10.3. The molecule has 0 fully saturated rings. The molecule has 17 heavy (non-hydrogen) atoms. The summed E-state index contributed by atoms with van der Waals surface area (Å²) in [5, 5.41) is 4.74.